The largest absolute Gasteiger partial charge is 0.401 e. The number of aromatic nitrogens is 2. The van der Waals surface area contributed by atoms with E-state index in [1.54, 1.807) is 38.2 Å². The van der Waals surface area contributed by atoms with Crippen molar-refractivity contribution in [3.8, 4) is 0 Å². The van der Waals surface area contributed by atoms with E-state index in [4.69, 9.17) is 4.52 Å². The van der Waals surface area contributed by atoms with E-state index in [-0.39, 0.29) is 37.9 Å². The van der Waals surface area contributed by atoms with Crippen LogP contribution in [0.4, 0.5) is 24.8 Å². The molecule has 1 atom stereocenters. The molecule has 4 rings (SSSR count). The molecule has 2 aromatic heterocycles. The predicted molar refractivity (Wildman–Crippen MR) is 147 cm³/mol. The summed E-state index contributed by atoms with van der Waals surface area (Å²) in [6.45, 7) is 2.52. The summed E-state index contributed by atoms with van der Waals surface area (Å²) in [5.74, 6) is 1.18. The predicted octanol–water partition coefficient (Wildman–Crippen LogP) is 2.01. The van der Waals surface area contributed by atoms with Crippen molar-refractivity contribution >= 4 is 29.9 Å². The Morgan fingerprint density at radius 1 is 1.24 bits per heavy atom. The summed E-state index contributed by atoms with van der Waals surface area (Å²) < 4.78 is 43.1. The van der Waals surface area contributed by atoms with Gasteiger partial charge in [-0.3, -0.25) is 24.2 Å². The van der Waals surface area contributed by atoms with Crippen LogP contribution >= 0.6 is 0 Å². The number of alkyl halides is 3. The second kappa shape index (κ2) is 13.7. The Morgan fingerprint density at radius 2 is 2.00 bits per heavy atom. The molecule has 15 heteroatoms. The highest BCUT2D eigenvalue weighted by atomic mass is 19.4. The number of amides is 3. The molecule has 2 aromatic rings. The Balaban J connectivity index is 1.30. The van der Waals surface area contributed by atoms with Gasteiger partial charge in [0.15, 0.2) is 0 Å². The standard InChI is InChI=1S/C27H35F3N8O4/c1-18-12-20(35-42-18)15-38(17-39)26(41)21-7-6-19(14-32-25(21)31-2)13-24(40)34-22-4-3-5-23(33-22)37-10-8-36(9-11-37)16-27(28,29)30/h3-5,12,17,19,31-32H,6-11,13-16H2,1-2H3,(H,33,34,40). The van der Waals surface area contributed by atoms with Gasteiger partial charge in [-0.1, -0.05) is 11.2 Å². The number of nitrogens with one attached hydrogen (secondary N) is 3. The maximum atomic E-state index is 13.2. The number of rotatable bonds is 10. The quantitative estimate of drug-likeness (QED) is 0.352. The third-order valence-electron chi connectivity index (χ3n) is 7.15. The van der Waals surface area contributed by atoms with Crippen LogP contribution in [0.2, 0.25) is 0 Å². The molecule has 3 N–H and O–H groups in total. The normalized spacial score (nSPS) is 18.2. The van der Waals surface area contributed by atoms with Gasteiger partial charge in [-0.2, -0.15) is 13.2 Å². The lowest BCUT2D eigenvalue weighted by atomic mass is 9.97. The Bertz CT molecular complexity index is 1290. The SMILES string of the molecule is CNC1=C(C(=O)N(C=O)Cc2cc(C)on2)CCC(CC(=O)Nc2cccc(N3CCN(CC(F)(F)F)CC3)n2)CN1. The average Bonchev–Trinajstić information content (AvgIpc) is 3.25. The highest BCUT2D eigenvalue weighted by Gasteiger charge is 2.32. The maximum absolute atomic E-state index is 13.2. The number of carbonyl (C=O) groups is 3. The van der Waals surface area contributed by atoms with Crippen LogP contribution in [0.5, 0.6) is 0 Å². The molecular weight excluding hydrogens is 557 g/mol. The van der Waals surface area contributed by atoms with E-state index in [0.29, 0.717) is 73.4 Å². The number of halogens is 3. The van der Waals surface area contributed by atoms with E-state index < -0.39 is 18.6 Å². The Labute approximate surface area is 241 Å². The first-order valence-electron chi connectivity index (χ1n) is 13.7. The first kappa shape index (κ1) is 30.8. The summed E-state index contributed by atoms with van der Waals surface area (Å²) in [6, 6.07) is 6.82. The van der Waals surface area contributed by atoms with Gasteiger partial charge in [0.05, 0.1) is 18.7 Å². The molecule has 1 unspecified atom stereocenters. The van der Waals surface area contributed by atoms with Crippen molar-refractivity contribution in [3.63, 3.8) is 0 Å². The first-order chi connectivity index (χ1) is 20.0. The van der Waals surface area contributed by atoms with E-state index in [1.165, 1.54) is 4.90 Å². The summed E-state index contributed by atoms with van der Waals surface area (Å²) in [5, 5.41) is 12.8. The van der Waals surface area contributed by atoms with Gasteiger partial charge in [0, 0.05) is 52.3 Å². The van der Waals surface area contributed by atoms with E-state index in [9.17, 15) is 27.6 Å². The van der Waals surface area contributed by atoms with Crippen LogP contribution in [-0.2, 0) is 20.9 Å². The zero-order valence-electron chi connectivity index (χ0n) is 23.5. The maximum Gasteiger partial charge on any atom is 0.401 e. The molecule has 0 aliphatic carbocycles. The molecule has 1 fully saturated rings. The molecule has 0 saturated carbocycles. The molecule has 228 valence electrons. The lowest BCUT2D eigenvalue weighted by Crippen LogP contribution is -2.49. The van der Waals surface area contributed by atoms with Crippen molar-refractivity contribution in [2.75, 3.05) is 56.5 Å². The number of aryl methyl sites for hydroxylation is 1. The molecule has 2 aliphatic rings. The van der Waals surface area contributed by atoms with Gasteiger partial charge in [-0.25, -0.2) is 4.98 Å². The van der Waals surface area contributed by atoms with Crippen LogP contribution in [0.15, 0.2) is 40.2 Å². The highest BCUT2D eigenvalue weighted by Crippen LogP contribution is 2.24. The Hall–Kier alpha value is -4.14. The fraction of sp³-hybridized carbons (Fsp3) is 0.519. The van der Waals surface area contributed by atoms with Crippen LogP contribution < -0.4 is 20.9 Å². The minimum atomic E-state index is -4.23. The highest BCUT2D eigenvalue weighted by molar-refractivity contribution is 5.99. The number of imide groups is 1. The second-order valence-corrected chi connectivity index (χ2v) is 10.4. The topological polar surface area (TPSA) is 136 Å². The monoisotopic (exact) mass is 592 g/mol. The Kier molecular flexibility index (Phi) is 10.0. The van der Waals surface area contributed by atoms with Gasteiger partial charge >= 0.3 is 6.18 Å². The summed E-state index contributed by atoms with van der Waals surface area (Å²) in [7, 11) is 1.67. The van der Waals surface area contributed by atoms with Crippen LogP contribution in [0.25, 0.3) is 0 Å². The molecule has 0 radical (unpaired) electrons. The van der Waals surface area contributed by atoms with E-state index >= 15 is 0 Å². The van der Waals surface area contributed by atoms with Crippen LogP contribution in [0.3, 0.4) is 0 Å². The van der Waals surface area contributed by atoms with Crippen LogP contribution in [-0.4, -0.2) is 90.7 Å². The summed E-state index contributed by atoms with van der Waals surface area (Å²) >= 11 is 0. The van der Waals surface area contributed by atoms with Crippen molar-refractivity contribution in [2.45, 2.75) is 38.9 Å². The molecule has 1 saturated heterocycles. The number of carbonyl (C=O) groups excluding carboxylic acids is 3. The number of hydrogen-bond acceptors (Lipinski definition) is 10. The second-order valence-electron chi connectivity index (χ2n) is 10.4. The molecule has 2 aliphatic heterocycles. The molecular formula is C27H35F3N8O4. The van der Waals surface area contributed by atoms with E-state index in [2.05, 4.69) is 26.1 Å². The van der Waals surface area contributed by atoms with Crippen LogP contribution in [0, 0.1) is 12.8 Å². The molecule has 0 bridgehead atoms. The third kappa shape index (κ3) is 8.44. The fourth-order valence-corrected chi connectivity index (χ4v) is 5.07. The van der Waals surface area contributed by atoms with E-state index in [0.717, 1.165) is 4.90 Å². The molecule has 0 aromatic carbocycles. The lowest BCUT2D eigenvalue weighted by molar-refractivity contribution is -0.146. The minimum Gasteiger partial charge on any atom is -0.375 e. The zero-order valence-corrected chi connectivity index (χ0v) is 23.5. The van der Waals surface area contributed by atoms with Crippen molar-refractivity contribution in [3.05, 3.63) is 47.1 Å². The zero-order chi connectivity index (χ0) is 30.3. The summed E-state index contributed by atoms with van der Waals surface area (Å²) in [4.78, 5) is 46.7. The molecule has 3 amide bonds. The van der Waals surface area contributed by atoms with Crippen molar-refractivity contribution in [1.82, 2.24) is 30.6 Å². The van der Waals surface area contributed by atoms with Crippen molar-refractivity contribution in [1.29, 1.82) is 0 Å². The van der Waals surface area contributed by atoms with Crippen LogP contribution in [0.1, 0.15) is 30.7 Å². The number of pyridine rings is 1. The van der Waals surface area contributed by atoms with Gasteiger partial charge < -0.3 is 25.4 Å². The number of anilines is 2. The van der Waals surface area contributed by atoms with Gasteiger partial charge in [0.2, 0.25) is 12.3 Å². The van der Waals surface area contributed by atoms with Crippen molar-refractivity contribution < 1.29 is 32.1 Å². The number of nitrogens with zero attached hydrogens (tertiary/aromatic N) is 5. The first-order valence-corrected chi connectivity index (χ1v) is 13.7. The smallest absolute Gasteiger partial charge is 0.375 e. The molecule has 4 heterocycles. The molecule has 42 heavy (non-hydrogen) atoms. The van der Waals surface area contributed by atoms with Crippen molar-refractivity contribution in [2.24, 2.45) is 5.92 Å². The Morgan fingerprint density at radius 3 is 2.64 bits per heavy atom. The average molecular weight is 593 g/mol. The van der Waals surface area contributed by atoms with Gasteiger partial charge in [-0.05, 0) is 37.8 Å². The van der Waals surface area contributed by atoms with Gasteiger partial charge in [-0.15, -0.1) is 0 Å². The van der Waals surface area contributed by atoms with E-state index in [1.807, 2.05) is 4.90 Å². The third-order valence-corrected chi connectivity index (χ3v) is 7.15. The van der Waals surface area contributed by atoms with Gasteiger partial charge in [0.1, 0.15) is 28.9 Å². The minimum absolute atomic E-state index is 0.0265. The molecule has 12 nitrogen and oxygen atoms in total. The summed E-state index contributed by atoms with van der Waals surface area (Å²) in [5.41, 5.74) is 0.856. The fourth-order valence-electron chi connectivity index (χ4n) is 5.07. The van der Waals surface area contributed by atoms with Gasteiger partial charge in [0.25, 0.3) is 5.91 Å². The lowest BCUT2D eigenvalue weighted by Gasteiger charge is -2.35. The summed E-state index contributed by atoms with van der Waals surface area (Å²) in [6.07, 6.45) is -2.73. The number of piperazine rings is 1. The molecule has 0 spiro atoms. The number of hydrogen-bond donors (Lipinski definition) is 3.